The van der Waals surface area contributed by atoms with Crippen molar-refractivity contribution in [3.63, 3.8) is 0 Å². The van der Waals surface area contributed by atoms with Gasteiger partial charge in [-0.05, 0) is 43.0 Å². The monoisotopic (exact) mass is 456 g/mol. The lowest BCUT2D eigenvalue weighted by Crippen LogP contribution is -2.31. The predicted octanol–water partition coefficient (Wildman–Crippen LogP) is 4.62. The number of aliphatic hydroxyl groups excluding tert-OH is 1. The standard InChI is InChI=1S/C22H20N2O5S2/c1-11-12(2)31-22(23-11)24-18(13-7-8-14(28-3)15(10-13)29-4)17(20(26)21(24)27)19(25)16-6-5-9-30-16/h5-10,18,26H,1-4H3/t18-/m1/s1. The van der Waals surface area contributed by atoms with Crippen molar-refractivity contribution in [1.29, 1.82) is 0 Å². The van der Waals surface area contributed by atoms with Gasteiger partial charge < -0.3 is 14.6 Å². The molecule has 1 N–H and O–H groups in total. The van der Waals surface area contributed by atoms with Crippen LogP contribution in [0.3, 0.4) is 0 Å². The van der Waals surface area contributed by atoms with Crippen LogP contribution in [0, 0.1) is 13.8 Å². The first-order valence-electron chi connectivity index (χ1n) is 9.38. The number of amides is 1. The lowest BCUT2D eigenvalue weighted by atomic mass is 9.95. The first-order valence-corrected chi connectivity index (χ1v) is 11.1. The van der Waals surface area contributed by atoms with Gasteiger partial charge in [0.25, 0.3) is 5.91 Å². The molecule has 1 aromatic carbocycles. The fourth-order valence-corrected chi connectivity index (χ4v) is 5.09. The number of carbonyl (C=O) groups is 2. The van der Waals surface area contributed by atoms with Gasteiger partial charge >= 0.3 is 0 Å². The molecule has 1 aliphatic rings. The minimum Gasteiger partial charge on any atom is -0.503 e. The van der Waals surface area contributed by atoms with E-state index in [1.165, 1.54) is 41.8 Å². The molecule has 160 valence electrons. The second kappa shape index (κ2) is 8.16. The van der Waals surface area contributed by atoms with Gasteiger partial charge in [-0.25, -0.2) is 4.98 Å². The number of benzene rings is 1. The van der Waals surface area contributed by atoms with Crippen molar-refractivity contribution >= 4 is 39.5 Å². The van der Waals surface area contributed by atoms with Crippen molar-refractivity contribution in [3.05, 3.63) is 68.1 Å². The molecule has 0 saturated heterocycles. The second-order valence-electron chi connectivity index (χ2n) is 6.90. The van der Waals surface area contributed by atoms with Crippen LogP contribution in [0.4, 0.5) is 5.13 Å². The fraction of sp³-hybridized carbons (Fsp3) is 0.227. The van der Waals surface area contributed by atoms with E-state index in [4.69, 9.17) is 9.47 Å². The summed E-state index contributed by atoms with van der Waals surface area (Å²) in [7, 11) is 3.04. The highest BCUT2D eigenvalue weighted by Gasteiger charge is 2.46. The van der Waals surface area contributed by atoms with Gasteiger partial charge in [-0.3, -0.25) is 14.5 Å². The number of hydrogen-bond acceptors (Lipinski definition) is 8. The molecule has 1 amide bonds. The summed E-state index contributed by atoms with van der Waals surface area (Å²) in [6, 6.07) is 7.73. The number of aryl methyl sites for hydroxylation is 2. The molecule has 1 atom stereocenters. The molecular formula is C22H20N2O5S2. The zero-order valence-electron chi connectivity index (χ0n) is 17.3. The number of thiazole rings is 1. The van der Waals surface area contributed by atoms with Crippen LogP contribution in [0.25, 0.3) is 0 Å². The third kappa shape index (κ3) is 3.49. The van der Waals surface area contributed by atoms with Gasteiger partial charge in [0.05, 0.1) is 36.4 Å². The summed E-state index contributed by atoms with van der Waals surface area (Å²) in [5, 5.41) is 13.0. The molecule has 0 fully saturated rings. The molecule has 7 nitrogen and oxygen atoms in total. The molecular weight excluding hydrogens is 436 g/mol. The smallest absolute Gasteiger partial charge is 0.296 e. The third-order valence-corrected chi connectivity index (χ3v) is 7.09. The summed E-state index contributed by atoms with van der Waals surface area (Å²) >= 11 is 2.59. The van der Waals surface area contributed by atoms with E-state index < -0.39 is 23.5 Å². The quantitative estimate of drug-likeness (QED) is 0.545. The number of hydrogen-bond donors (Lipinski definition) is 1. The molecule has 0 bridgehead atoms. The van der Waals surface area contributed by atoms with Crippen molar-refractivity contribution in [2.75, 3.05) is 19.1 Å². The molecule has 0 saturated carbocycles. The number of rotatable bonds is 6. The van der Waals surface area contributed by atoms with Gasteiger partial charge in [0.15, 0.2) is 22.4 Å². The largest absolute Gasteiger partial charge is 0.503 e. The maximum absolute atomic E-state index is 13.3. The van der Waals surface area contributed by atoms with Crippen LogP contribution in [-0.2, 0) is 4.79 Å². The van der Waals surface area contributed by atoms with Crippen LogP contribution in [0.15, 0.2) is 47.0 Å². The number of anilines is 1. The van der Waals surface area contributed by atoms with Crippen molar-refractivity contribution in [2.45, 2.75) is 19.9 Å². The van der Waals surface area contributed by atoms with E-state index >= 15 is 0 Å². The third-order valence-electron chi connectivity index (χ3n) is 5.14. The summed E-state index contributed by atoms with van der Waals surface area (Å²) in [5.74, 6) is -0.652. The molecule has 2 aromatic heterocycles. The molecule has 31 heavy (non-hydrogen) atoms. The molecule has 1 aliphatic heterocycles. The molecule has 9 heteroatoms. The molecule has 3 heterocycles. The zero-order valence-corrected chi connectivity index (χ0v) is 19.0. The number of ether oxygens (including phenoxy) is 2. The molecule has 3 aromatic rings. The molecule has 0 unspecified atom stereocenters. The summed E-state index contributed by atoms with van der Waals surface area (Å²) in [5.41, 5.74) is 1.40. The van der Waals surface area contributed by atoms with Gasteiger partial charge in [-0.2, -0.15) is 0 Å². The highest BCUT2D eigenvalue weighted by atomic mass is 32.1. The summed E-state index contributed by atoms with van der Waals surface area (Å²) in [6.07, 6.45) is 0. The van der Waals surface area contributed by atoms with Crippen molar-refractivity contribution in [2.24, 2.45) is 0 Å². The van der Waals surface area contributed by atoms with Gasteiger partial charge in [0, 0.05) is 4.88 Å². The van der Waals surface area contributed by atoms with Crippen LogP contribution in [-0.4, -0.2) is 36.0 Å². The highest BCUT2D eigenvalue weighted by molar-refractivity contribution is 7.16. The average Bonchev–Trinajstić information content (AvgIpc) is 3.47. The van der Waals surface area contributed by atoms with Gasteiger partial charge in [0.2, 0.25) is 5.78 Å². The van der Waals surface area contributed by atoms with E-state index in [1.54, 1.807) is 35.7 Å². The van der Waals surface area contributed by atoms with Crippen molar-refractivity contribution in [3.8, 4) is 11.5 Å². The van der Waals surface area contributed by atoms with E-state index in [2.05, 4.69) is 4.98 Å². The Morgan fingerprint density at radius 3 is 2.48 bits per heavy atom. The summed E-state index contributed by atoms with van der Waals surface area (Å²) < 4.78 is 10.7. The average molecular weight is 457 g/mol. The number of ketones is 1. The Morgan fingerprint density at radius 1 is 1.16 bits per heavy atom. The predicted molar refractivity (Wildman–Crippen MR) is 120 cm³/mol. The van der Waals surface area contributed by atoms with Crippen LogP contribution in [0.5, 0.6) is 11.5 Å². The topological polar surface area (TPSA) is 89.0 Å². The Hall–Kier alpha value is -3.17. The second-order valence-corrected chi connectivity index (χ2v) is 9.03. The van der Waals surface area contributed by atoms with Gasteiger partial charge in [0.1, 0.15) is 0 Å². The van der Waals surface area contributed by atoms with Crippen LogP contribution >= 0.6 is 22.7 Å². The number of nitrogens with zero attached hydrogens (tertiary/aromatic N) is 2. The number of aromatic nitrogens is 1. The highest BCUT2D eigenvalue weighted by Crippen LogP contribution is 2.45. The fourth-order valence-electron chi connectivity index (χ4n) is 3.47. The van der Waals surface area contributed by atoms with E-state index in [1.807, 2.05) is 13.8 Å². The minimum absolute atomic E-state index is 0.0187. The first kappa shape index (κ1) is 21.1. The van der Waals surface area contributed by atoms with E-state index in [-0.39, 0.29) is 5.57 Å². The van der Waals surface area contributed by atoms with Gasteiger partial charge in [-0.15, -0.1) is 22.7 Å². The van der Waals surface area contributed by atoms with E-state index in [0.717, 1.165) is 10.6 Å². The summed E-state index contributed by atoms with van der Waals surface area (Å²) in [6.45, 7) is 3.76. The molecule has 4 rings (SSSR count). The maximum atomic E-state index is 13.3. The Bertz CT molecular complexity index is 1180. The van der Waals surface area contributed by atoms with Crippen molar-refractivity contribution in [1.82, 2.24) is 4.98 Å². The lowest BCUT2D eigenvalue weighted by molar-refractivity contribution is -0.117. The number of methoxy groups -OCH3 is 2. The SMILES string of the molecule is COc1ccc([C@@H]2C(C(=O)c3cccs3)=C(O)C(=O)N2c2nc(C)c(C)s2)cc1OC. The zero-order chi connectivity index (χ0) is 22.3. The number of thiophene rings is 1. The van der Waals surface area contributed by atoms with Gasteiger partial charge in [-0.1, -0.05) is 12.1 Å². The molecule has 0 aliphatic carbocycles. The Morgan fingerprint density at radius 2 is 1.90 bits per heavy atom. The van der Waals surface area contributed by atoms with E-state index in [0.29, 0.717) is 27.1 Å². The first-order chi connectivity index (χ1) is 14.9. The number of carbonyl (C=O) groups excluding carboxylic acids is 2. The Labute approximate surface area is 187 Å². The molecule has 0 spiro atoms. The van der Waals surface area contributed by atoms with Crippen LogP contribution in [0.2, 0.25) is 0 Å². The number of Topliss-reactive ketones (excluding diaryl/α,β-unsaturated/α-hetero) is 1. The molecule has 0 radical (unpaired) electrons. The Balaban J connectivity index is 1.91. The van der Waals surface area contributed by atoms with Crippen molar-refractivity contribution < 1.29 is 24.2 Å². The van der Waals surface area contributed by atoms with Crippen LogP contribution < -0.4 is 14.4 Å². The normalized spacial score (nSPS) is 16.2. The maximum Gasteiger partial charge on any atom is 0.296 e. The summed E-state index contributed by atoms with van der Waals surface area (Å²) in [4.78, 5) is 33.7. The van der Waals surface area contributed by atoms with Crippen LogP contribution in [0.1, 0.15) is 31.8 Å². The Kier molecular flexibility index (Phi) is 5.55. The minimum atomic E-state index is -0.855. The number of aliphatic hydroxyl groups is 1. The lowest BCUT2D eigenvalue weighted by Gasteiger charge is -2.25. The van der Waals surface area contributed by atoms with E-state index in [9.17, 15) is 14.7 Å².